The predicted molar refractivity (Wildman–Crippen MR) is 123 cm³/mol. The molecule has 0 bridgehead atoms. The van der Waals surface area contributed by atoms with Crippen LogP contribution in [0.5, 0.6) is 0 Å². The smallest absolute Gasteiger partial charge is 0.412 e. The number of anilines is 3. The van der Waals surface area contributed by atoms with Crippen molar-refractivity contribution in [1.29, 1.82) is 0 Å². The third kappa shape index (κ3) is 8.02. The van der Waals surface area contributed by atoms with Gasteiger partial charge in [-0.1, -0.05) is 0 Å². The first-order chi connectivity index (χ1) is 13.8. The number of benzene rings is 1. The maximum atomic E-state index is 12.1. The van der Waals surface area contributed by atoms with Crippen LogP contribution in [0.25, 0.3) is 0 Å². The van der Waals surface area contributed by atoms with Crippen molar-refractivity contribution in [2.24, 2.45) is 0 Å². The summed E-state index contributed by atoms with van der Waals surface area (Å²) in [6, 6.07) is 6.08. The minimum Gasteiger partial charge on any atom is -0.444 e. The van der Waals surface area contributed by atoms with E-state index in [0.29, 0.717) is 23.8 Å². The van der Waals surface area contributed by atoms with E-state index in [9.17, 15) is 13.2 Å². The van der Waals surface area contributed by atoms with E-state index in [4.69, 9.17) is 10.5 Å². The molecule has 30 heavy (non-hydrogen) atoms. The highest BCUT2D eigenvalue weighted by Crippen LogP contribution is 2.29. The Hall–Kier alpha value is -2.00. The number of nitrogen functional groups attached to an aromatic ring is 1. The number of nitrogens with one attached hydrogen (secondary N) is 1. The second-order valence-corrected chi connectivity index (χ2v) is 11.3. The third-order valence-corrected chi connectivity index (χ3v) is 6.18. The zero-order valence-electron chi connectivity index (χ0n) is 18.8. The topological polar surface area (TPSA) is 105 Å². The predicted octanol–water partition coefficient (Wildman–Crippen LogP) is 2.95. The lowest BCUT2D eigenvalue weighted by molar-refractivity contribution is 0.0636. The van der Waals surface area contributed by atoms with Gasteiger partial charge < -0.3 is 20.3 Å². The fourth-order valence-electron chi connectivity index (χ4n) is 3.59. The highest BCUT2D eigenvalue weighted by molar-refractivity contribution is 7.90. The van der Waals surface area contributed by atoms with E-state index in [1.54, 1.807) is 6.07 Å². The number of hydrogen-bond donors (Lipinski definition) is 2. The number of rotatable bonds is 7. The molecular weight excluding hydrogens is 404 g/mol. The van der Waals surface area contributed by atoms with Crippen LogP contribution in [0, 0.1) is 0 Å². The molecule has 0 radical (unpaired) electrons. The van der Waals surface area contributed by atoms with Crippen molar-refractivity contribution in [3.05, 3.63) is 18.2 Å². The molecule has 1 saturated heterocycles. The summed E-state index contributed by atoms with van der Waals surface area (Å²) in [5.41, 5.74) is 7.50. The molecule has 9 heteroatoms. The lowest BCUT2D eigenvalue weighted by atomic mass is 10.0. The molecule has 1 aliphatic rings. The zero-order valence-corrected chi connectivity index (χ0v) is 19.6. The first kappa shape index (κ1) is 24.3. The number of amides is 1. The van der Waals surface area contributed by atoms with Crippen molar-refractivity contribution in [3.8, 4) is 0 Å². The molecule has 1 fully saturated rings. The molecule has 1 amide bonds. The SMILES string of the molecule is CN(CCCS(C)(=O)=O)C1CCN(c2ccc(N)c(NC(=O)OC(C)(C)C)c2)CC1. The summed E-state index contributed by atoms with van der Waals surface area (Å²) < 4.78 is 27.9. The van der Waals surface area contributed by atoms with Crippen molar-refractivity contribution in [3.63, 3.8) is 0 Å². The average Bonchev–Trinajstić information content (AvgIpc) is 2.61. The molecule has 3 N–H and O–H groups in total. The van der Waals surface area contributed by atoms with Crippen molar-refractivity contribution < 1.29 is 17.9 Å². The monoisotopic (exact) mass is 440 g/mol. The molecule has 0 spiro atoms. The van der Waals surface area contributed by atoms with Crippen LogP contribution in [-0.2, 0) is 14.6 Å². The fraction of sp³-hybridized carbons (Fsp3) is 0.667. The molecule has 1 heterocycles. The third-order valence-electron chi connectivity index (χ3n) is 5.15. The van der Waals surface area contributed by atoms with E-state index in [0.717, 1.165) is 38.2 Å². The average molecular weight is 441 g/mol. The van der Waals surface area contributed by atoms with Gasteiger partial charge in [0.1, 0.15) is 15.4 Å². The number of carbonyl (C=O) groups excluding carboxylic acids is 1. The van der Waals surface area contributed by atoms with Gasteiger partial charge in [-0.3, -0.25) is 5.32 Å². The van der Waals surface area contributed by atoms with E-state index in [1.807, 2.05) is 32.9 Å². The first-order valence-corrected chi connectivity index (χ1v) is 12.4. The Kier molecular flexibility index (Phi) is 7.99. The number of nitrogens with zero attached hydrogens (tertiary/aromatic N) is 2. The molecule has 1 aromatic carbocycles. The summed E-state index contributed by atoms with van der Waals surface area (Å²) >= 11 is 0. The summed E-state index contributed by atoms with van der Waals surface area (Å²) in [4.78, 5) is 16.6. The van der Waals surface area contributed by atoms with Crippen LogP contribution < -0.4 is 16.0 Å². The standard InChI is InChI=1S/C21H36N4O4S/c1-21(2,3)29-20(26)23-19-15-17(7-8-18(19)22)25-12-9-16(10-13-25)24(4)11-6-14-30(5,27)28/h7-8,15-16H,6,9-14,22H2,1-5H3,(H,23,26). The summed E-state index contributed by atoms with van der Waals surface area (Å²) in [6.07, 6.45) is 3.40. The highest BCUT2D eigenvalue weighted by atomic mass is 32.2. The summed E-state index contributed by atoms with van der Waals surface area (Å²) in [7, 11) is -0.842. The molecule has 2 rings (SSSR count). The number of hydrogen-bond acceptors (Lipinski definition) is 7. The number of sulfone groups is 1. The zero-order chi connectivity index (χ0) is 22.5. The molecule has 170 valence electrons. The van der Waals surface area contributed by atoms with Crippen LogP contribution in [0.1, 0.15) is 40.0 Å². The van der Waals surface area contributed by atoms with Crippen LogP contribution >= 0.6 is 0 Å². The number of ether oxygens (including phenoxy) is 1. The molecule has 1 aromatic rings. The minimum atomic E-state index is -2.91. The Labute approximate surface area is 180 Å². The van der Waals surface area contributed by atoms with Crippen molar-refractivity contribution in [2.45, 2.75) is 51.7 Å². The number of carbonyl (C=O) groups is 1. The van der Waals surface area contributed by atoms with Crippen LogP contribution in [0.2, 0.25) is 0 Å². The van der Waals surface area contributed by atoms with Crippen LogP contribution in [0.4, 0.5) is 21.9 Å². The Balaban J connectivity index is 1.91. The van der Waals surface area contributed by atoms with Gasteiger partial charge in [0.15, 0.2) is 0 Å². The van der Waals surface area contributed by atoms with E-state index in [-0.39, 0.29) is 5.75 Å². The summed E-state index contributed by atoms with van der Waals surface area (Å²) in [5, 5.41) is 2.74. The normalized spacial score (nSPS) is 16.0. The van der Waals surface area contributed by atoms with E-state index < -0.39 is 21.5 Å². The van der Waals surface area contributed by atoms with Crippen molar-refractivity contribution in [2.75, 3.05) is 54.6 Å². The van der Waals surface area contributed by atoms with Gasteiger partial charge in [0.05, 0.1) is 17.1 Å². The van der Waals surface area contributed by atoms with Gasteiger partial charge in [-0.2, -0.15) is 0 Å². The lowest BCUT2D eigenvalue weighted by Crippen LogP contribution is -2.44. The molecule has 0 aliphatic carbocycles. The van der Waals surface area contributed by atoms with E-state index in [1.165, 1.54) is 6.26 Å². The molecule has 0 atom stereocenters. The second-order valence-electron chi connectivity index (χ2n) is 9.08. The summed E-state index contributed by atoms with van der Waals surface area (Å²) in [5.74, 6) is 0.231. The second kappa shape index (κ2) is 9.87. The van der Waals surface area contributed by atoms with Crippen LogP contribution in [0.3, 0.4) is 0 Å². The largest absolute Gasteiger partial charge is 0.444 e. The quantitative estimate of drug-likeness (QED) is 0.628. The Morgan fingerprint density at radius 1 is 1.30 bits per heavy atom. The Morgan fingerprint density at radius 2 is 1.93 bits per heavy atom. The van der Waals surface area contributed by atoms with Crippen LogP contribution in [-0.4, -0.2) is 69.7 Å². The van der Waals surface area contributed by atoms with Gasteiger partial charge in [-0.15, -0.1) is 0 Å². The van der Waals surface area contributed by atoms with E-state index >= 15 is 0 Å². The highest BCUT2D eigenvalue weighted by Gasteiger charge is 2.23. The lowest BCUT2D eigenvalue weighted by Gasteiger charge is -2.38. The Morgan fingerprint density at radius 3 is 2.50 bits per heavy atom. The Bertz CT molecular complexity index is 828. The minimum absolute atomic E-state index is 0.231. The number of nitrogens with two attached hydrogens (primary N) is 1. The molecule has 8 nitrogen and oxygen atoms in total. The van der Waals surface area contributed by atoms with Gasteiger partial charge in [0, 0.05) is 31.1 Å². The van der Waals surface area contributed by atoms with E-state index in [2.05, 4.69) is 22.2 Å². The molecular formula is C21H36N4O4S. The van der Waals surface area contributed by atoms with Crippen molar-refractivity contribution in [1.82, 2.24) is 4.90 Å². The molecule has 0 saturated carbocycles. The van der Waals surface area contributed by atoms with Gasteiger partial charge >= 0.3 is 6.09 Å². The first-order valence-electron chi connectivity index (χ1n) is 10.4. The summed E-state index contributed by atoms with van der Waals surface area (Å²) in [6.45, 7) is 8.00. The van der Waals surface area contributed by atoms with Crippen LogP contribution in [0.15, 0.2) is 18.2 Å². The molecule has 1 aliphatic heterocycles. The van der Waals surface area contributed by atoms with Gasteiger partial charge in [0.25, 0.3) is 0 Å². The van der Waals surface area contributed by atoms with Crippen molar-refractivity contribution >= 4 is 33.0 Å². The fourth-order valence-corrected chi connectivity index (χ4v) is 4.24. The number of piperidine rings is 1. The molecule has 0 aromatic heterocycles. The maximum absolute atomic E-state index is 12.1. The van der Waals surface area contributed by atoms with Gasteiger partial charge in [0.2, 0.25) is 0 Å². The van der Waals surface area contributed by atoms with Gasteiger partial charge in [-0.25, -0.2) is 13.2 Å². The maximum Gasteiger partial charge on any atom is 0.412 e. The molecule has 0 unspecified atom stereocenters. The van der Waals surface area contributed by atoms with Gasteiger partial charge in [-0.05, 0) is 71.8 Å².